The number of rotatable bonds is 5. The zero-order chi connectivity index (χ0) is 20.5. The monoisotopic (exact) mass is 459 g/mol. The van der Waals surface area contributed by atoms with Crippen molar-refractivity contribution in [2.75, 3.05) is 5.32 Å². The molecule has 29 heavy (non-hydrogen) atoms. The molecule has 148 valence electrons. The standard InChI is InChI=1S/C21H16BrF2N3O2/c22-13-5-7-16(15(24)11-13)25-20(28)4-2-10-27-19-12-14(23)6-8-17(19)26-9-1-3-18(26)21(27)29/h1,3,5-9,11-12H,2,4,10H2,(H,25,28). The second kappa shape index (κ2) is 7.79. The Morgan fingerprint density at radius 3 is 2.66 bits per heavy atom. The number of carbonyl (C=O) groups is 1. The molecule has 0 saturated carbocycles. The minimum Gasteiger partial charge on any atom is -0.324 e. The Morgan fingerprint density at radius 2 is 1.86 bits per heavy atom. The minimum absolute atomic E-state index is 0.0882. The second-order valence-corrected chi connectivity index (χ2v) is 7.54. The molecule has 4 aromatic rings. The van der Waals surface area contributed by atoms with Crippen LogP contribution < -0.4 is 10.9 Å². The number of fused-ring (bicyclic) bond motifs is 3. The maximum atomic E-state index is 13.9. The highest BCUT2D eigenvalue weighted by molar-refractivity contribution is 9.10. The van der Waals surface area contributed by atoms with Crippen molar-refractivity contribution < 1.29 is 13.6 Å². The number of carbonyl (C=O) groups excluding carboxylic acids is 1. The number of hydrogen-bond donors (Lipinski definition) is 1. The average molecular weight is 460 g/mol. The summed E-state index contributed by atoms with van der Waals surface area (Å²) in [5.41, 5.74) is 1.47. The van der Waals surface area contributed by atoms with Gasteiger partial charge in [0.1, 0.15) is 17.2 Å². The number of halogens is 3. The molecule has 0 saturated heterocycles. The highest BCUT2D eigenvalue weighted by atomic mass is 79.9. The highest BCUT2D eigenvalue weighted by Gasteiger charge is 2.12. The van der Waals surface area contributed by atoms with E-state index in [4.69, 9.17) is 0 Å². The molecule has 0 bridgehead atoms. The molecule has 8 heteroatoms. The van der Waals surface area contributed by atoms with Gasteiger partial charge in [-0.1, -0.05) is 15.9 Å². The minimum atomic E-state index is -0.538. The number of amides is 1. The van der Waals surface area contributed by atoms with Crippen LogP contribution in [-0.2, 0) is 11.3 Å². The number of benzene rings is 2. The fraction of sp³-hybridized carbons (Fsp3) is 0.143. The normalized spacial score (nSPS) is 11.3. The van der Waals surface area contributed by atoms with Crippen molar-refractivity contribution in [3.05, 3.63) is 81.2 Å². The maximum Gasteiger partial charge on any atom is 0.275 e. The fourth-order valence-corrected chi connectivity index (χ4v) is 3.69. The van der Waals surface area contributed by atoms with Gasteiger partial charge in [-0.05, 0) is 55.0 Å². The molecule has 0 aliphatic heterocycles. The third-order valence-corrected chi connectivity index (χ3v) is 5.18. The van der Waals surface area contributed by atoms with Gasteiger partial charge < -0.3 is 14.3 Å². The molecule has 2 heterocycles. The summed E-state index contributed by atoms with van der Waals surface area (Å²) in [7, 11) is 0. The molecule has 0 spiro atoms. The Labute approximate surface area is 172 Å². The van der Waals surface area contributed by atoms with Crippen LogP contribution in [0.5, 0.6) is 0 Å². The molecule has 5 nitrogen and oxygen atoms in total. The van der Waals surface area contributed by atoms with Crippen molar-refractivity contribution in [2.24, 2.45) is 0 Å². The molecule has 1 N–H and O–H groups in total. The summed E-state index contributed by atoms with van der Waals surface area (Å²) in [6.45, 7) is 0.233. The zero-order valence-corrected chi connectivity index (χ0v) is 16.7. The van der Waals surface area contributed by atoms with Gasteiger partial charge in [0, 0.05) is 23.6 Å². The van der Waals surface area contributed by atoms with Crippen LogP contribution in [0.25, 0.3) is 16.6 Å². The van der Waals surface area contributed by atoms with Gasteiger partial charge in [-0.3, -0.25) is 9.59 Å². The summed E-state index contributed by atoms with van der Waals surface area (Å²) in [4.78, 5) is 25.0. The van der Waals surface area contributed by atoms with Crippen LogP contribution in [0.2, 0.25) is 0 Å². The number of hydrogen-bond acceptors (Lipinski definition) is 2. The predicted octanol–water partition coefficient (Wildman–Crippen LogP) is 4.71. The van der Waals surface area contributed by atoms with Gasteiger partial charge in [-0.25, -0.2) is 8.78 Å². The second-order valence-electron chi connectivity index (χ2n) is 6.63. The lowest BCUT2D eigenvalue weighted by molar-refractivity contribution is -0.116. The smallest absolute Gasteiger partial charge is 0.275 e. The molecule has 0 fully saturated rings. The summed E-state index contributed by atoms with van der Waals surface area (Å²) >= 11 is 3.16. The largest absolute Gasteiger partial charge is 0.324 e. The van der Waals surface area contributed by atoms with Gasteiger partial charge in [0.25, 0.3) is 5.56 Å². The topological polar surface area (TPSA) is 55.5 Å². The van der Waals surface area contributed by atoms with Gasteiger partial charge in [0.15, 0.2) is 0 Å². The molecule has 0 atom stereocenters. The van der Waals surface area contributed by atoms with Crippen LogP contribution >= 0.6 is 15.9 Å². The number of nitrogens with zero attached hydrogens (tertiary/aromatic N) is 2. The van der Waals surface area contributed by atoms with E-state index in [1.165, 1.54) is 28.8 Å². The first-order valence-electron chi connectivity index (χ1n) is 8.98. The van der Waals surface area contributed by atoms with Crippen molar-refractivity contribution in [3.63, 3.8) is 0 Å². The van der Waals surface area contributed by atoms with E-state index in [0.717, 1.165) is 0 Å². The third kappa shape index (κ3) is 3.80. The predicted molar refractivity (Wildman–Crippen MR) is 111 cm³/mol. The Kier molecular flexibility index (Phi) is 5.19. The molecule has 0 radical (unpaired) electrons. The molecule has 1 amide bonds. The van der Waals surface area contributed by atoms with Crippen molar-refractivity contribution in [3.8, 4) is 0 Å². The Balaban J connectivity index is 1.55. The van der Waals surface area contributed by atoms with Crippen LogP contribution in [0.1, 0.15) is 12.8 Å². The van der Waals surface area contributed by atoms with E-state index < -0.39 is 11.6 Å². The molecule has 0 aliphatic rings. The van der Waals surface area contributed by atoms with Crippen molar-refractivity contribution in [1.29, 1.82) is 0 Å². The first-order chi connectivity index (χ1) is 13.9. The first kappa shape index (κ1) is 19.3. The quantitative estimate of drug-likeness (QED) is 0.469. The Bertz CT molecular complexity index is 1300. The van der Waals surface area contributed by atoms with Crippen LogP contribution in [-0.4, -0.2) is 14.9 Å². The lowest BCUT2D eigenvalue weighted by Crippen LogP contribution is -2.23. The number of nitrogens with one attached hydrogen (secondary N) is 1. The Hall–Kier alpha value is -3.00. The molecule has 0 unspecified atom stereocenters. The average Bonchev–Trinajstić information content (AvgIpc) is 3.17. The van der Waals surface area contributed by atoms with Gasteiger partial charge in [0.05, 0.1) is 16.7 Å². The first-order valence-corrected chi connectivity index (χ1v) is 9.77. The van der Waals surface area contributed by atoms with Crippen LogP contribution in [0.4, 0.5) is 14.5 Å². The fourth-order valence-electron chi connectivity index (χ4n) is 3.35. The van der Waals surface area contributed by atoms with Crippen LogP contribution in [0.15, 0.2) is 64.0 Å². The molecule has 0 aliphatic carbocycles. The van der Waals surface area contributed by atoms with Crippen molar-refractivity contribution >= 4 is 44.1 Å². The molecule has 2 aromatic heterocycles. The van der Waals surface area contributed by atoms with E-state index in [9.17, 15) is 18.4 Å². The van der Waals surface area contributed by atoms with Gasteiger partial charge in [-0.15, -0.1) is 0 Å². The van der Waals surface area contributed by atoms with Crippen molar-refractivity contribution in [1.82, 2.24) is 8.97 Å². The van der Waals surface area contributed by atoms with E-state index in [-0.39, 0.29) is 30.1 Å². The van der Waals surface area contributed by atoms with E-state index >= 15 is 0 Å². The molecular formula is C21H16BrF2N3O2. The Morgan fingerprint density at radius 1 is 1.03 bits per heavy atom. The maximum absolute atomic E-state index is 13.9. The molecule has 4 rings (SSSR count). The third-order valence-electron chi connectivity index (χ3n) is 4.69. The SMILES string of the molecule is O=C(CCCn1c(=O)c2cccn2c2ccc(F)cc21)Nc1ccc(Br)cc1F. The van der Waals surface area contributed by atoms with E-state index in [1.54, 1.807) is 34.9 Å². The lowest BCUT2D eigenvalue weighted by atomic mass is 10.2. The van der Waals surface area contributed by atoms with Crippen LogP contribution in [0, 0.1) is 11.6 Å². The van der Waals surface area contributed by atoms with Gasteiger partial charge in [0.2, 0.25) is 5.91 Å². The van der Waals surface area contributed by atoms with Crippen LogP contribution in [0.3, 0.4) is 0 Å². The molecular weight excluding hydrogens is 444 g/mol. The van der Waals surface area contributed by atoms with E-state index in [2.05, 4.69) is 21.2 Å². The molecule has 2 aromatic carbocycles. The summed E-state index contributed by atoms with van der Waals surface area (Å²) in [5.74, 6) is -1.34. The summed E-state index contributed by atoms with van der Waals surface area (Å²) in [6.07, 6.45) is 2.18. The summed E-state index contributed by atoms with van der Waals surface area (Å²) in [6, 6.07) is 12.1. The number of anilines is 1. The zero-order valence-electron chi connectivity index (χ0n) is 15.2. The number of aromatic nitrogens is 2. The van der Waals surface area contributed by atoms with E-state index in [1.807, 2.05) is 0 Å². The van der Waals surface area contributed by atoms with Gasteiger partial charge >= 0.3 is 0 Å². The number of aryl methyl sites for hydroxylation is 1. The summed E-state index contributed by atoms with van der Waals surface area (Å²) in [5, 5.41) is 2.52. The van der Waals surface area contributed by atoms with Gasteiger partial charge in [-0.2, -0.15) is 0 Å². The van der Waals surface area contributed by atoms with Crippen molar-refractivity contribution in [2.45, 2.75) is 19.4 Å². The summed E-state index contributed by atoms with van der Waals surface area (Å²) < 4.78 is 31.4. The lowest BCUT2D eigenvalue weighted by Gasteiger charge is -2.13. The highest BCUT2D eigenvalue weighted by Crippen LogP contribution is 2.20. The van der Waals surface area contributed by atoms with E-state index in [0.29, 0.717) is 27.4 Å².